The number of hydrogen-bond donors (Lipinski definition) is 0. The van der Waals surface area contributed by atoms with E-state index in [2.05, 4.69) is 0 Å². The predicted molar refractivity (Wildman–Crippen MR) is 74.2 cm³/mol. The monoisotopic (exact) mass is 301 g/mol. The quantitative estimate of drug-likeness (QED) is 0.801. The van der Waals surface area contributed by atoms with Crippen molar-refractivity contribution in [3.63, 3.8) is 0 Å². The average molecular weight is 302 g/mol. The van der Waals surface area contributed by atoms with E-state index in [0.29, 0.717) is 23.6 Å². The molecule has 1 aromatic carbocycles. The minimum absolute atomic E-state index is 0.00880. The lowest BCUT2D eigenvalue weighted by Crippen LogP contribution is -2.33. The number of hydrogen-bond acceptors (Lipinski definition) is 3. The summed E-state index contributed by atoms with van der Waals surface area (Å²) >= 11 is 5.51. The number of halogens is 2. The Morgan fingerprint density at radius 1 is 1.35 bits per heavy atom. The lowest BCUT2D eigenvalue weighted by molar-refractivity contribution is -0.128. The van der Waals surface area contributed by atoms with Crippen LogP contribution in [0.3, 0.4) is 0 Å². The van der Waals surface area contributed by atoms with Crippen molar-refractivity contribution in [3.05, 3.63) is 23.8 Å². The van der Waals surface area contributed by atoms with E-state index in [4.69, 9.17) is 21.1 Å². The van der Waals surface area contributed by atoms with Crippen LogP contribution >= 0.6 is 11.6 Å². The smallest absolute Gasteiger partial charge is 0.237 e. The van der Waals surface area contributed by atoms with Crippen LogP contribution in [-0.4, -0.2) is 44.0 Å². The Hall–Kier alpha value is -1.49. The second-order valence-electron chi connectivity index (χ2n) is 4.77. The molecule has 1 aliphatic rings. The fourth-order valence-electron chi connectivity index (χ4n) is 2.37. The van der Waals surface area contributed by atoms with Crippen molar-refractivity contribution in [2.45, 2.75) is 12.1 Å². The molecular formula is C14H17ClFNO3. The molecule has 0 saturated carbocycles. The molecule has 6 heteroatoms. The zero-order valence-corrected chi connectivity index (χ0v) is 12.2. The van der Waals surface area contributed by atoms with Crippen LogP contribution < -0.4 is 9.47 Å². The molecule has 1 heterocycles. The van der Waals surface area contributed by atoms with Crippen molar-refractivity contribution in [1.29, 1.82) is 0 Å². The van der Waals surface area contributed by atoms with Gasteiger partial charge in [0, 0.05) is 19.0 Å². The van der Waals surface area contributed by atoms with Gasteiger partial charge in [-0.15, -0.1) is 11.6 Å². The SMILES string of the molecule is COc1cc(OC)cc(C2(F)CCN(C(=O)CCl)C2)c1. The van der Waals surface area contributed by atoms with E-state index in [1.54, 1.807) is 18.2 Å². The zero-order chi connectivity index (χ0) is 14.8. The highest BCUT2D eigenvalue weighted by molar-refractivity contribution is 6.27. The van der Waals surface area contributed by atoms with E-state index in [9.17, 15) is 4.79 Å². The van der Waals surface area contributed by atoms with Crippen LogP contribution in [0.15, 0.2) is 18.2 Å². The first kappa shape index (κ1) is 14.9. The van der Waals surface area contributed by atoms with Gasteiger partial charge in [-0.05, 0) is 17.7 Å². The third-order valence-electron chi connectivity index (χ3n) is 3.56. The van der Waals surface area contributed by atoms with E-state index >= 15 is 4.39 Å². The molecule has 2 rings (SSSR count). The van der Waals surface area contributed by atoms with Gasteiger partial charge < -0.3 is 14.4 Å². The van der Waals surface area contributed by atoms with Gasteiger partial charge in [-0.2, -0.15) is 0 Å². The third-order valence-corrected chi connectivity index (χ3v) is 3.78. The lowest BCUT2D eigenvalue weighted by atomic mass is 9.94. The molecule has 0 spiro atoms. The minimum Gasteiger partial charge on any atom is -0.497 e. The molecule has 0 aromatic heterocycles. The van der Waals surface area contributed by atoms with Crippen molar-refractivity contribution >= 4 is 17.5 Å². The Kier molecular flexibility index (Phi) is 4.38. The van der Waals surface area contributed by atoms with Gasteiger partial charge in [-0.3, -0.25) is 4.79 Å². The maximum absolute atomic E-state index is 15.1. The molecule has 1 saturated heterocycles. The van der Waals surface area contributed by atoms with Crippen LogP contribution in [0.5, 0.6) is 11.5 Å². The van der Waals surface area contributed by atoms with E-state index in [1.165, 1.54) is 19.1 Å². The van der Waals surface area contributed by atoms with Crippen LogP contribution in [0.4, 0.5) is 4.39 Å². The number of carbonyl (C=O) groups is 1. The number of rotatable bonds is 4. The fraction of sp³-hybridized carbons (Fsp3) is 0.500. The summed E-state index contributed by atoms with van der Waals surface area (Å²) in [7, 11) is 3.03. The molecule has 1 fully saturated rings. The summed E-state index contributed by atoms with van der Waals surface area (Å²) < 4.78 is 25.4. The maximum Gasteiger partial charge on any atom is 0.237 e. The second-order valence-corrected chi connectivity index (χ2v) is 5.03. The topological polar surface area (TPSA) is 38.8 Å². The molecule has 110 valence electrons. The van der Waals surface area contributed by atoms with Gasteiger partial charge in [-0.25, -0.2) is 4.39 Å². The van der Waals surface area contributed by atoms with Crippen LogP contribution in [0, 0.1) is 0 Å². The highest BCUT2D eigenvalue weighted by atomic mass is 35.5. The number of alkyl halides is 2. The molecule has 1 aliphatic heterocycles. The number of amides is 1. The van der Waals surface area contributed by atoms with Crippen molar-refractivity contribution in [3.8, 4) is 11.5 Å². The Labute approximate surface area is 122 Å². The Morgan fingerprint density at radius 3 is 2.45 bits per heavy atom. The number of carbonyl (C=O) groups excluding carboxylic acids is 1. The molecule has 1 unspecified atom stereocenters. The average Bonchev–Trinajstić information content (AvgIpc) is 2.89. The van der Waals surface area contributed by atoms with Gasteiger partial charge in [0.2, 0.25) is 5.91 Å². The number of nitrogens with zero attached hydrogens (tertiary/aromatic N) is 1. The fourth-order valence-corrected chi connectivity index (χ4v) is 2.54. The Balaban J connectivity index is 2.29. The van der Waals surface area contributed by atoms with Gasteiger partial charge >= 0.3 is 0 Å². The van der Waals surface area contributed by atoms with Crippen LogP contribution in [-0.2, 0) is 10.5 Å². The summed E-state index contributed by atoms with van der Waals surface area (Å²) in [6.45, 7) is 0.371. The summed E-state index contributed by atoms with van der Waals surface area (Å²) in [6.07, 6.45) is 0.242. The van der Waals surface area contributed by atoms with E-state index in [1.807, 2.05) is 0 Å². The summed E-state index contributed by atoms with van der Waals surface area (Å²) in [5, 5.41) is 0. The molecule has 1 aromatic rings. The molecule has 0 N–H and O–H groups in total. The molecule has 4 nitrogen and oxygen atoms in total. The molecule has 0 aliphatic carbocycles. The number of ether oxygens (including phenoxy) is 2. The summed E-state index contributed by atoms with van der Waals surface area (Å²) in [6, 6.07) is 4.96. The van der Waals surface area contributed by atoms with E-state index in [-0.39, 0.29) is 24.8 Å². The Morgan fingerprint density at radius 2 is 1.95 bits per heavy atom. The maximum atomic E-state index is 15.1. The van der Waals surface area contributed by atoms with E-state index < -0.39 is 5.67 Å². The molecular weight excluding hydrogens is 285 g/mol. The van der Waals surface area contributed by atoms with Gasteiger partial charge in [0.05, 0.1) is 20.8 Å². The third kappa shape index (κ3) is 2.82. The first-order chi connectivity index (χ1) is 9.52. The molecule has 20 heavy (non-hydrogen) atoms. The first-order valence-corrected chi connectivity index (χ1v) is 6.82. The summed E-state index contributed by atoms with van der Waals surface area (Å²) in [4.78, 5) is 13.0. The number of methoxy groups -OCH3 is 2. The number of likely N-dealkylation sites (tertiary alicyclic amines) is 1. The highest BCUT2D eigenvalue weighted by Gasteiger charge is 2.42. The van der Waals surface area contributed by atoms with E-state index in [0.717, 1.165) is 0 Å². The molecule has 0 bridgehead atoms. The van der Waals surface area contributed by atoms with Crippen molar-refractivity contribution in [2.75, 3.05) is 33.2 Å². The van der Waals surface area contributed by atoms with Gasteiger partial charge in [0.25, 0.3) is 0 Å². The molecule has 1 amide bonds. The lowest BCUT2D eigenvalue weighted by Gasteiger charge is -2.22. The van der Waals surface area contributed by atoms with Gasteiger partial charge in [0.15, 0.2) is 5.67 Å². The largest absolute Gasteiger partial charge is 0.497 e. The van der Waals surface area contributed by atoms with Crippen LogP contribution in [0.25, 0.3) is 0 Å². The summed E-state index contributed by atoms with van der Waals surface area (Å²) in [5.74, 6) is 0.676. The van der Waals surface area contributed by atoms with Crippen molar-refractivity contribution < 1.29 is 18.7 Å². The van der Waals surface area contributed by atoms with Crippen molar-refractivity contribution in [2.24, 2.45) is 0 Å². The normalized spacial score (nSPS) is 21.9. The zero-order valence-electron chi connectivity index (χ0n) is 11.5. The standard InChI is InChI=1S/C14H17ClFNO3/c1-19-11-5-10(6-12(7-11)20-2)14(16)3-4-17(9-14)13(18)8-15/h5-7H,3-4,8-9H2,1-2H3. The molecule has 1 atom stereocenters. The molecule has 0 radical (unpaired) electrons. The van der Waals surface area contributed by atoms with Crippen LogP contribution in [0.2, 0.25) is 0 Å². The minimum atomic E-state index is -1.59. The first-order valence-electron chi connectivity index (χ1n) is 6.28. The van der Waals surface area contributed by atoms with Gasteiger partial charge in [0.1, 0.15) is 17.4 Å². The highest BCUT2D eigenvalue weighted by Crippen LogP contribution is 2.39. The summed E-state index contributed by atoms with van der Waals surface area (Å²) in [5.41, 5.74) is -1.14. The Bertz CT molecular complexity index is 489. The second kappa shape index (κ2) is 5.87. The number of benzene rings is 1. The van der Waals surface area contributed by atoms with Crippen LogP contribution in [0.1, 0.15) is 12.0 Å². The van der Waals surface area contributed by atoms with Gasteiger partial charge in [-0.1, -0.05) is 0 Å². The predicted octanol–water partition coefficient (Wildman–Crippen LogP) is 2.34. The van der Waals surface area contributed by atoms with Crippen molar-refractivity contribution in [1.82, 2.24) is 4.90 Å².